The molecule has 0 aromatic rings. The topological polar surface area (TPSA) is 62.2 Å². The van der Waals surface area contributed by atoms with Crippen LogP contribution in [-0.2, 0) is 0 Å². The molecule has 0 radical (unpaired) electrons. The molecule has 0 aliphatic heterocycles. The first-order valence-electron chi connectivity index (χ1n) is 3.66. The monoisotopic (exact) mass is 139 g/mol. The number of amidine groups is 1. The van der Waals surface area contributed by atoms with Gasteiger partial charge in [0.15, 0.2) is 0 Å². The van der Waals surface area contributed by atoms with Gasteiger partial charge in [0, 0.05) is 0 Å². The van der Waals surface area contributed by atoms with E-state index in [9.17, 15) is 0 Å². The molecule has 0 heterocycles. The minimum atomic E-state index is 0.368. The number of nitrogens with one attached hydrogen (secondary N) is 1. The van der Waals surface area contributed by atoms with Crippen LogP contribution in [-0.4, -0.2) is 18.1 Å². The lowest BCUT2D eigenvalue weighted by Gasteiger charge is -2.00. The Kier molecular flexibility index (Phi) is 2.42. The van der Waals surface area contributed by atoms with Crippen molar-refractivity contribution in [2.75, 3.05) is 0 Å². The lowest BCUT2D eigenvalue weighted by molar-refractivity contribution is 0.707. The van der Waals surface area contributed by atoms with Crippen molar-refractivity contribution in [3.8, 4) is 0 Å². The largest absolute Gasteiger partial charge is 0.383 e. The summed E-state index contributed by atoms with van der Waals surface area (Å²) in [4.78, 5) is 4.15. The van der Waals surface area contributed by atoms with Gasteiger partial charge in [-0.3, -0.25) is 4.99 Å². The smallest absolute Gasteiger partial charge is 0.136 e. The number of aliphatic imine (C=N–C) groups is 1. The molecule has 0 bridgehead atoms. The molecule has 1 saturated carbocycles. The molecule has 0 atom stereocenters. The quantitative estimate of drug-likeness (QED) is 0.434. The fraction of sp³-hybridized carbons (Fsp3) is 0.714. The van der Waals surface area contributed by atoms with Crippen molar-refractivity contribution in [3.63, 3.8) is 0 Å². The normalized spacial score (nSPS) is 21.4. The lowest BCUT2D eigenvalue weighted by atomic mass is 10.3. The summed E-state index contributed by atoms with van der Waals surface area (Å²) in [5, 5.41) is 6.79. The second-order valence-corrected chi connectivity index (χ2v) is 2.64. The molecule has 1 fully saturated rings. The van der Waals surface area contributed by atoms with Crippen molar-refractivity contribution in [3.05, 3.63) is 0 Å². The van der Waals surface area contributed by atoms with Crippen molar-refractivity contribution in [2.45, 2.75) is 31.7 Å². The highest BCUT2D eigenvalue weighted by atomic mass is 14.9. The van der Waals surface area contributed by atoms with Gasteiger partial charge in [0.1, 0.15) is 5.84 Å². The Bertz CT molecular complexity index is 145. The molecular weight excluding hydrogens is 126 g/mol. The van der Waals surface area contributed by atoms with E-state index in [1.54, 1.807) is 0 Å². The zero-order valence-electron chi connectivity index (χ0n) is 6.01. The summed E-state index contributed by atoms with van der Waals surface area (Å²) in [5.41, 5.74) is 5.36. The number of rotatable bonds is 2. The highest BCUT2D eigenvalue weighted by Gasteiger charge is 2.12. The summed E-state index contributed by atoms with van der Waals surface area (Å²) >= 11 is 0. The van der Waals surface area contributed by atoms with Gasteiger partial charge < -0.3 is 11.1 Å². The van der Waals surface area contributed by atoms with Crippen molar-refractivity contribution in [2.24, 2.45) is 10.7 Å². The summed E-state index contributed by atoms with van der Waals surface area (Å²) < 4.78 is 0. The summed E-state index contributed by atoms with van der Waals surface area (Å²) in [6, 6.07) is 0.404. The fourth-order valence-corrected chi connectivity index (χ4v) is 1.28. The van der Waals surface area contributed by atoms with Gasteiger partial charge in [-0.05, 0) is 12.8 Å². The average Bonchev–Trinajstić information content (AvgIpc) is 2.40. The molecule has 3 nitrogen and oxygen atoms in total. The van der Waals surface area contributed by atoms with Crippen LogP contribution >= 0.6 is 0 Å². The van der Waals surface area contributed by atoms with Crippen molar-refractivity contribution in [1.82, 2.24) is 0 Å². The van der Waals surface area contributed by atoms with E-state index in [1.807, 2.05) is 0 Å². The molecule has 0 unspecified atom stereocenters. The van der Waals surface area contributed by atoms with Gasteiger partial charge in [-0.25, -0.2) is 0 Å². The molecule has 1 aliphatic carbocycles. The van der Waals surface area contributed by atoms with E-state index < -0.39 is 0 Å². The molecule has 0 spiro atoms. The minimum Gasteiger partial charge on any atom is -0.383 e. The molecule has 3 heteroatoms. The van der Waals surface area contributed by atoms with Gasteiger partial charge in [0.25, 0.3) is 0 Å². The van der Waals surface area contributed by atoms with Crippen molar-refractivity contribution < 1.29 is 0 Å². The molecule has 3 N–H and O–H groups in total. The molecule has 1 aliphatic rings. The SMILES string of the molecule is N=CC(N)=NC1CCCC1. The van der Waals surface area contributed by atoms with E-state index in [2.05, 4.69) is 4.99 Å². The van der Waals surface area contributed by atoms with Crippen molar-refractivity contribution in [1.29, 1.82) is 5.41 Å². The highest BCUT2D eigenvalue weighted by Crippen LogP contribution is 2.20. The summed E-state index contributed by atoms with van der Waals surface area (Å²) in [5.74, 6) is 0.368. The van der Waals surface area contributed by atoms with Crippen LogP contribution in [0.1, 0.15) is 25.7 Å². The second kappa shape index (κ2) is 3.34. The van der Waals surface area contributed by atoms with Gasteiger partial charge in [-0.2, -0.15) is 0 Å². The molecule has 0 aromatic heterocycles. The lowest BCUT2D eigenvalue weighted by Crippen LogP contribution is -2.15. The van der Waals surface area contributed by atoms with Gasteiger partial charge in [0.05, 0.1) is 12.3 Å². The molecule has 0 aromatic carbocycles. The Morgan fingerprint density at radius 1 is 1.50 bits per heavy atom. The molecule has 1 rings (SSSR count). The van der Waals surface area contributed by atoms with E-state index >= 15 is 0 Å². The van der Waals surface area contributed by atoms with E-state index in [0.717, 1.165) is 19.1 Å². The maximum atomic E-state index is 6.79. The Morgan fingerprint density at radius 2 is 2.10 bits per heavy atom. The fourth-order valence-electron chi connectivity index (χ4n) is 1.28. The third kappa shape index (κ3) is 1.83. The Morgan fingerprint density at radius 3 is 2.60 bits per heavy atom. The van der Waals surface area contributed by atoms with Crippen molar-refractivity contribution >= 4 is 12.1 Å². The first-order valence-corrected chi connectivity index (χ1v) is 3.66. The van der Waals surface area contributed by atoms with Gasteiger partial charge >= 0.3 is 0 Å². The van der Waals surface area contributed by atoms with Gasteiger partial charge in [-0.15, -0.1) is 0 Å². The Labute approximate surface area is 60.8 Å². The predicted octanol–water partition coefficient (Wildman–Crippen LogP) is 0.936. The van der Waals surface area contributed by atoms with Gasteiger partial charge in [-0.1, -0.05) is 12.8 Å². The summed E-state index contributed by atoms with van der Waals surface area (Å²) in [6.07, 6.45) is 5.93. The van der Waals surface area contributed by atoms with Crippen LogP contribution < -0.4 is 5.73 Å². The van der Waals surface area contributed by atoms with E-state index in [0.29, 0.717) is 11.9 Å². The molecule has 10 heavy (non-hydrogen) atoms. The number of nitrogens with two attached hydrogens (primary N) is 1. The zero-order chi connectivity index (χ0) is 7.40. The molecular formula is C7H13N3. The molecule has 56 valence electrons. The van der Waals surface area contributed by atoms with Gasteiger partial charge in [0.2, 0.25) is 0 Å². The van der Waals surface area contributed by atoms with E-state index in [4.69, 9.17) is 11.1 Å². The Hall–Kier alpha value is -0.860. The maximum Gasteiger partial charge on any atom is 0.136 e. The minimum absolute atomic E-state index is 0.368. The summed E-state index contributed by atoms with van der Waals surface area (Å²) in [7, 11) is 0. The third-order valence-electron chi connectivity index (χ3n) is 1.80. The first kappa shape index (κ1) is 7.25. The van der Waals surface area contributed by atoms with Crippen LogP contribution in [0, 0.1) is 5.41 Å². The standard InChI is InChI=1S/C7H13N3/c8-5-7(9)10-6-3-1-2-4-6/h5-6,8H,1-4H2,(H2,9,10). The van der Waals surface area contributed by atoms with E-state index in [1.165, 1.54) is 12.8 Å². The average molecular weight is 139 g/mol. The van der Waals surface area contributed by atoms with Crippen LogP contribution in [0.4, 0.5) is 0 Å². The molecule has 0 saturated heterocycles. The summed E-state index contributed by atoms with van der Waals surface area (Å²) in [6.45, 7) is 0. The number of hydrogen-bond acceptors (Lipinski definition) is 2. The van der Waals surface area contributed by atoms with Crippen LogP contribution in [0.5, 0.6) is 0 Å². The Balaban J connectivity index is 2.42. The van der Waals surface area contributed by atoms with Crippen LogP contribution in [0.25, 0.3) is 0 Å². The maximum absolute atomic E-state index is 6.79. The van der Waals surface area contributed by atoms with E-state index in [-0.39, 0.29) is 0 Å². The number of hydrogen-bond donors (Lipinski definition) is 2. The second-order valence-electron chi connectivity index (χ2n) is 2.64. The number of nitrogens with zero attached hydrogens (tertiary/aromatic N) is 1. The zero-order valence-corrected chi connectivity index (χ0v) is 6.01. The van der Waals surface area contributed by atoms with Crippen LogP contribution in [0.3, 0.4) is 0 Å². The van der Waals surface area contributed by atoms with Crippen LogP contribution in [0.2, 0.25) is 0 Å². The first-order chi connectivity index (χ1) is 4.83. The third-order valence-corrected chi connectivity index (χ3v) is 1.80. The highest BCUT2D eigenvalue weighted by molar-refractivity contribution is 6.27. The van der Waals surface area contributed by atoms with Crippen LogP contribution in [0.15, 0.2) is 4.99 Å². The predicted molar refractivity (Wildman–Crippen MR) is 42.7 cm³/mol. The molecule has 0 amide bonds.